The van der Waals surface area contributed by atoms with E-state index in [1.54, 1.807) is 64.1 Å². The smallest absolute Gasteiger partial charge is 0.274 e. The van der Waals surface area contributed by atoms with E-state index in [2.05, 4.69) is 30.8 Å². The third kappa shape index (κ3) is 8.00. The molecule has 2 fully saturated rings. The van der Waals surface area contributed by atoms with Crippen LogP contribution in [0.5, 0.6) is 11.6 Å². The number of pyridine rings is 3. The van der Waals surface area contributed by atoms with E-state index in [9.17, 15) is 9.59 Å². The Labute approximate surface area is 300 Å². The standard InChI is InChI=1S/C36H39Cl2N7O5/c1-48-20-21-17-45(18-21)19-23-15-41-29(13-30(23)49-2)35(47)43-28-6-4-5-26(32(28)37)34-33(38)25(11-12-40-34)27-9-7-22(36(44-27)50-3)14-39-16-24-8-10-31(46)42-24/h4-7,9,11-13,15,21,24,39H,8,10,14,16-20H2,1-3H3,(H,42,46)(H,43,47). The second kappa shape index (κ2) is 16.1. The van der Waals surface area contributed by atoms with Crippen LogP contribution in [0.3, 0.4) is 0 Å². The first-order valence-corrected chi connectivity index (χ1v) is 17.1. The number of carbonyl (C=O) groups is 2. The van der Waals surface area contributed by atoms with Gasteiger partial charge in [-0.05, 0) is 24.6 Å². The topological polar surface area (TPSA) is 140 Å². The first-order chi connectivity index (χ1) is 24.3. The average molecular weight is 721 g/mol. The summed E-state index contributed by atoms with van der Waals surface area (Å²) >= 11 is 13.8. The number of amides is 2. The maximum Gasteiger partial charge on any atom is 0.274 e. The lowest BCUT2D eigenvalue weighted by Crippen LogP contribution is -2.47. The molecule has 2 amide bonds. The van der Waals surface area contributed by atoms with Gasteiger partial charge in [-0.2, -0.15) is 0 Å². The molecule has 12 nitrogen and oxygen atoms in total. The molecule has 3 N–H and O–H groups in total. The second-order valence-corrected chi connectivity index (χ2v) is 13.1. The molecule has 2 aliphatic heterocycles. The van der Waals surface area contributed by atoms with Crippen molar-refractivity contribution in [2.75, 3.05) is 52.9 Å². The SMILES string of the molecule is COCC1CN(Cc2cnc(C(=O)Nc3cccc(-c4nccc(-c5ccc(CNCC6CCC(=O)N6)c(OC)n5)c4Cl)c3Cl)cc2OC)C1. The number of carbonyl (C=O) groups excluding carboxylic acids is 2. The van der Waals surface area contributed by atoms with Gasteiger partial charge in [0, 0.05) is 98.9 Å². The lowest BCUT2D eigenvalue weighted by molar-refractivity contribution is -0.119. The fourth-order valence-electron chi connectivity index (χ4n) is 6.26. The van der Waals surface area contributed by atoms with Crippen LogP contribution in [0.1, 0.15) is 34.5 Å². The quantitative estimate of drug-likeness (QED) is 0.159. The van der Waals surface area contributed by atoms with Gasteiger partial charge in [-0.25, -0.2) is 4.98 Å². The van der Waals surface area contributed by atoms with Crippen molar-refractivity contribution in [3.8, 4) is 34.1 Å². The number of hydrogen-bond donors (Lipinski definition) is 3. The Kier molecular flexibility index (Phi) is 11.5. The van der Waals surface area contributed by atoms with Crippen LogP contribution in [-0.4, -0.2) is 85.3 Å². The van der Waals surface area contributed by atoms with Crippen molar-refractivity contribution in [3.05, 3.63) is 81.7 Å². The number of nitrogens with zero attached hydrogens (tertiary/aromatic N) is 4. The van der Waals surface area contributed by atoms with E-state index in [1.807, 2.05) is 12.1 Å². The Morgan fingerprint density at radius 1 is 1.02 bits per heavy atom. The van der Waals surface area contributed by atoms with Gasteiger partial charge in [0.2, 0.25) is 11.8 Å². The Morgan fingerprint density at radius 2 is 1.86 bits per heavy atom. The van der Waals surface area contributed by atoms with Crippen LogP contribution < -0.4 is 25.4 Å². The van der Waals surface area contributed by atoms with Gasteiger partial charge in [0.05, 0.1) is 47.9 Å². The molecule has 0 bridgehead atoms. The number of benzene rings is 1. The number of hydrogen-bond acceptors (Lipinski definition) is 10. The molecule has 0 radical (unpaired) electrons. The highest BCUT2D eigenvalue weighted by atomic mass is 35.5. The zero-order valence-electron chi connectivity index (χ0n) is 28.1. The zero-order chi connectivity index (χ0) is 35.2. The minimum Gasteiger partial charge on any atom is -0.496 e. The van der Waals surface area contributed by atoms with Gasteiger partial charge >= 0.3 is 0 Å². The van der Waals surface area contributed by atoms with Gasteiger partial charge in [0.25, 0.3) is 5.91 Å². The highest BCUT2D eigenvalue weighted by molar-refractivity contribution is 6.39. The van der Waals surface area contributed by atoms with Crippen molar-refractivity contribution in [1.82, 2.24) is 30.5 Å². The van der Waals surface area contributed by atoms with Crippen molar-refractivity contribution in [3.63, 3.8) is 0 Å². The summed E-state index contributed by atoms with van der Waals surface area (Å²) in [6.07, 6.45) is 4.68. The number of likely N-dealkylation sites (tertiary alicyclic amines) is 1. The van der Waals surface area contributed by atoms with Gasteiger partial charge in [0.1, 0.15) is 11.4 Å². The summed E-state index contributed by atoms with van der Waals surface area (Å²) in [6, 6.07) is 12.6. The van der Waals surface area contributed by atoms with Crippen LogP contribution in [0.4, 0.5) is 5.69 Å². The number of halogens is 2. The Hall–Kier alpha value is -4.33. The highest BCUT2D eigenvalue weighted by Gasteiger charge is 2.28. The molecule has 0 spiro atoms. The van der Waals surface area contributed by atoms with Crippen LogP contribution in [0, 0.1) is 5.92 Å². The average Bonchev–Trinajstić information content (AvgIpc) is 3.53. The number of methoxy groups -OCH3 is 3. The van der Waals surface area contributed by atoms with E-state index in [1.165, 1.54) is 0 Å². The third-order valence-corrected chi connectivity index (χ3v) is 9.61. The molecule has 1 aromatic carbocycles. The Morgan fingerprint density at radius 3 is 2.60 bits per heavy atom. The van der Waals surface area contributed by atoms with Gasteiger partial charge in [0.15, 0.2) is 0 Å². The minimum atomic E-state index is -0.440. The second-order valence-electron chi connectivity index (χ2n) is 12.3. The minimum absolute atomic E-state index is 0.0844. The zero-order valence-corrected chi connectivity index (χ0v) is 29.6. The fourth-order valence-corrected chi connectivity index (χ4v) is 6.83. The molecule has 1 unspecified atom stereocenters. The Bertz CT molecular complexity index is 1870. The van der Waals surface area contributed by atoms with Crippen molar-refractivity contribution < 1.29 is 23.8 Å². The number of nitrogens with one attached hydrogen (secondary N) is 3. The van der Waals surface area contributed by atoms with Crippen molar-refractivity contribution in [1.29, 1.82) is 0 Å². The van der Waals surface area contributed by atoms with E-state index < -0.39 is 5.91 Å². The molecule has 6 rings (SSSR count). The lowest BCUT2D eigenvalue weighted by atomic mass is 10.0. The summed E-state index contributed by atoms with van der Waals surface area (Å²) < 4.78 is 16.5. The maximum atomic E-state index is 13.3. The molecule has 5 heterocycles. The van der Waals surface area contributed by atoms with E-state index >= 15 is 0 Å². The molecule has 4 aromatic rings. The highest BCUT2D eigenvalue weighted by Crippen LogP contribution is 2.40. The summed E-state index contributed by atoms with van der Waals surface area (Å²) in [4.78, 5) is 40.8. The molecule has 2 saturated heterocycles. The molecule has 14 heteroatoms. The van der Waals surface area contributed by atoms with E-state index in [0.29, 0.717) is 76.8 Å². The lowest BCUT2D eigenvalue weighted by Gasteiger charge is -2.39. The van der Waals surface area contributed by atoms with Crippen molar-refractivity contribution in [2.24, 2.45) is 5.92 Å². The van der Waals surface area contributed by atoms with E-state index in [4.69, 9.17) is 42.4 Å². The molecule has 262 valence electrons. The summed E-state index contributed by atoms with van der Waals surface area (Å²) in [5, 5.41) is 9.81. The van der Waals surface area contributed by atoms with Crippen molar-refractivity contribution in [2.45, 2.75) is 32.0 Å². The molecule has 50 heavy (non-hydrogen) atoms. The van der Waals surface area contributed by atoms with E-state index in [-0.39, 0.29) is 22.7 Å². The number of aromatic nitrogens is 3. The van der Waals surface area contributed by atoms with E-state index in [0.717, 1.165) is 37.2 Å². The van der Waals surface area contributed by atoms with Gasteiger partial charge in [-0.3, -0.25) is 24.5 Å². The molecule has 2 aliphatic rings. The fraction of sp³-hybridized carbons (Fsp3) is 0.361. The van der Waals surface area contributed by atoms with Gasteiger partial charge in [-0.1, -0.05) is 41.4 Å². The summed E-state index contributed by atoms with van der Waals surface area (Å²) in [5.41, 5.74) is 4.52. The van der Waals surface area contributed by atoms with Gasteiger partial charge in [-0.15, -0.1) is 0 Å². The van der Waals surface area contributed by atoms with Crippen molar-refractivity contribution >= 4 is 40.7 Å². The van der Waals surface area contributed by atoms with Crippen LogP contribution >= 0.6 is 23.2 Å². The first-order valence-electron chi connectivity index (χ1n) is 16.3. The molecule has 3 aromatic heterocycles. The third-order valence-electron chi connectivity index (χ3n) is 8.82. The van der Waals surface area contributed by atoms with Crippen LogP contribution in [0.2, 0.25) is 10.0 Å². The normalized spacial score (nSPS) is 16.2. The molecule has 0 aliphatic carbocycles. The maximum absolute atomic E-state index is 13.3. The van der Waals surface area contributed by atoms with Crippen LogP contribution in [-0.2, 0) is 22.6 Å². The monoisotopic (exact) mass is 719 g/mol. The van der Waals surface area contributed by atoms with Gasteiger partial charge < -0.3 is 30.2 Å². The number of ether oxygens (including phenoxy) is 3. The molecule has 0 saturated carbocycles. The molecular weight excluding hydrogens is 681 g/mol. The molecular formula is C36H39Cl2N7O5. The summed E-state index contributed by atoms with van der Waals surface area (Å²) in [6.45, 7) is 4.47. The first kappa shape index (κ1) is 35.5. The largest absolute Gasteiger partial charge is 0.496 e. The predicted molar refractivity (Wildman–Crippen MR) is 192 cm³/mol. The predicted octanol–water partition coefficient (Wildman–Crippen LogP) is 5.23. The summed E-state index contributed by atoms with van der Waals surface area (Å²) in [5.74, 6) is 1.21. The summed E-state index contributed by atoms with van der Waals surface area (Å²) in [7, 11) is 4.86. The number of rotatable bonds is 14. The number of anilines is 1. The molecule has 1 atom stereocenters. The van der Waals surface area contributed by atoms with Crippen LogP contribution in [0.25, 0.3) is 22.5 Å². The Balaban J connectivity index is 1.16. The van der Waals surface area contributed by atoms with Crippen LogP contribution in [0.15, 0.2) is 54.9 Å².